The Labute approximate surface area is 158 Å². The number of halogens is 1. The second kappa shape index (κ2) is 10.1. The number of thiophene rings is 1. The minimum Gasteiger partial charge on any atom is -0.389 e. The van der Waals surface area contributed by atoms with E-state index in [4.69, 9.17) is 4.74 Å². The number of rotatable bonds is 8. The summed E-state index contributed by atoms with van der Waals surface area (Å²) in [6, 6.07) is 10.8. The number of hydrogen-bond donors (Lipinski definition) is 1. The first-order valence-corrected chi connectivity index (χ1v) is 10.0. The maximum absolute atomic E-state index is 13.0. The highest BCUT2D eigenvalue weighted by Gasteiger charge is 2.17. The van der Waals surface area contributed by atoms with Gasteiger partial charge in [-0.1, -0.05) is 18.2 Å². The number of benzene rings is 1. The van der Waals surface area contributed by atoms with Crippen LogP contribution < -0.4 is 0 Å². The minimum atomic E-state index is -0.460. The second-order valence-electron chi connectivity index (χ2n) is 6.81. The molecule has 4 nitrogen and oxygen atoms in total. The zero-order valence-electron chi connectivity index (χ0n) is 15.0. The number of nitrogens with zero attached hydrogens (tertiary/aromatic N) is 2. The molecule has 0 amide bonds. The van der Waals surface area contributed by atoms with Gasteiger partial charge in [-0.25, -0.2) is 4.39 Å². The van der Waals surface area contributed by atoms with Crippen LogP contribution in [0.5, 0.6) is 0 Å². The molecule has 0 bridgehead atoms. The number of aliphatic hydroxyl groups is 1. The van der Waals surface area contributed by atoms with Crippen LogP contribution in [0.3, 0.4) is 0 Å². The highest BCUT2D eigenvalue weighted by Crippen LogP contribution is 2.12. The van der Waals surface area contributed by atoms with E-state index in [9.17, 15) is 9.50 Å². The first kappa shape index (κ1) is 19.5. The van der Waals surface area contributed by atoms with Crippen molar-refractivity contribution in [2.45, 2.75) is 25.7 Å². The summed E-state index contributed by atoms with van der Waals surface area (Å²) in [5.41, 5.74) is 1.14. The first-order chi connectivity index (χ1) is 12.7. The Morgan fingerprint density at radius 1 is 1.08 bits per heavy atom. The molecule has 1 aliphatic rings. The molecule has 1 fully saturated rings. The van der Waals surface area contributed by atoms with Crippen LogP contribution in [0.25, 0.3) is 0 Å². The Hall–Kier alpha value is -1.31. The topological polar surface area (TPSA) is 35.9 Å². The standard InChI is InChI=1S/C20H27FN2O2S/c21-18-6-4-17(5-7-18)13-22-8-2-9-23(11-10-22)14-19(24)15-25-16-20-3-1-12-26-20/h1,3-7,12,19,24H,2,8-11,13-16H2. The van der Waals surface area contributed by atoms with Crippen molar-refractivity contribution in [3.63, 3.8) is 0 Å². The van der Waals surface area contributed by atoms with Crippen molar-refractivity contribution in [2.75, 3.05) is 39.3 Å². The molecule has 1 N–H and O–H groups in total. The van der Waals surface area contributed by atoms with Gasteiger partial charge in [0.25, 0.3) is 0 Å². The Morgan fingerprint density at radius 3 is 2.62 bits per heavy atom. The van der Waals surface area contributed by atoms with E-state index in [1.54, 1.807) is 11.3 Å². The third-order valence-electron chi connectivity index (χ3n) is 4.60. The van der Waals surface area contributed by atoms with Crippen molar-refractivity contribution in [1.82, 2.24) is 9.80 Å². The van der Waals surface area contributed by atoms with Crippen LogP contribution >= 0.6 is 11.3 Å². The van der Waals surface area contributed by atoms with E-state index >= 15 is 0 Å². The normalized spacial score (nSPS) is 17.9. The molecule has 0 aliphatic carbocycles. The quantitative estimate of drug-likeness (QED) is 0.766. The van der Waals surface area contributed by atoms with Crippen LogP contribution in [0.15, 0.2) is 41.8 Å². The Bertz CT molecular complexity index is 636. The lowest BCUT2D eigenvalue weighted by Gasteiger charge is -2.24. The van der Waals surface area contributed by atoms with Gasteiger partial charge < -0.3 is 9.84 Å². The fourth-order valence-electron chi connectivity index (χ4n) is 3.25. The van der Waals surface area contributed by atoms with E-state index in [0.717, 1.165) is 44.7 Å². The van der Waals surface area contributed by atoms with Gasteiger partial charge in [-0.05, 0) is 48.7 Å². The summed E-state index contributed by atoms with van der Waals surface area (Å²) in [4.78, 5) is 5.89. The zero-order valence-corrected chi connectivity index (χ0v) is 15.8. The van der Waals surface area contributed by atoms with Crippen LogP contribution in [0.4, 0.5) is 4.39 Å². The first-order valence-electron chi connectivity index (χ1n) is 9.16. The third kappa shape index (κ3) is 6.45. The molecule has 142 valence electrons. The van der Waals surface area contributed by atoms with E-state index in [1.807, 2.05) is 29.6 Å². The van der Waals surface area contributed by atoms with Gasteiger partial charge in [0.1, 0.15) is 5.82 Å². The average molecular weight is 379 g/mol. The van der Waals surface area contributed by atoms with Crippen molar-refractivity contribution in [3.8, 4) is 0 Å². The van der Waals surface area contributed by atoms with Crippen LogP contribution in [-0.4, -0.2) is 60.3 Å². The van der Waals surface area contributed by atoms with Gasteiger partial charge >= 0.3 is 0 Å². The van der Waals surface area contributed by atoms with Crippen molar-refractivity contribution in [3.05, 3.63) is 58.0 Å². The molecule has 1 aliphatic heterocycles. The lowest BCUT2D eigenvalue weighted by molar-refractivity contribution is 0.0113. The number of hydrogen-bond acceptors (Lipinski definition) is 5. The van der Waals surface area contributed by atoms with E-state index in [-0.39, 0.29) is 5.82 Å². The molecule has 2 aromatic rings. The third-order valence-corrected chi connectivity index (χ3v) is 5.45. The second-order valence-corrected chi connectivity index (χ2v) is 7.84. The summed E-state index contributed by atoms with van der Waals surface area (Å²) in [7, 11) is 0. The van der Waals surface area contributed by atoms with Crippen LogP contribution in [0.2, 0.25) is 0 Å². The van der Waals surface area contributed by atoms with E-state index in [0.29, 0.717) is 19.8 Å². The summed E-state index contributed by atoms with van der Waals surface area (Å²) in [5.74, 6) is -0.189. The SMILES string of the molecule is OC(COCc1cccs1)CN1CCCN(Cc2ccc(F)cc2)CC1. The summed E-state index contributed by atoms with van der Waals surface area (Å²) in [6.45, 7) is 6.34. The van der Waals surface area contributed by atoms with Crippen LogP contribution in [0.1, 0.15) is 16.9 Å². The van der Waals surface area contributed by atoms with E-state index in [1.165, 1.54) is 17.0 Å². The van der Waals surface area contributed by atoms with Crippen molar-refractivity contribution >= 4 is 11.3 Å². The van der Waals surface area contributed by atoms with Crippen molar-refractivity contribution in [2.24, 2.45) is 0 Å². The fourth-order valence-corrected chi connectivity index (χ4v) is 3.89. The molecule has 0 radical (unpaired) electrons. The van der Waals surface area contributed by atoms with Crippen molar-refractivity contribution < 1.29 is 14.2 Å². The molecule has 26 heavy (non-hydrogen) atoms. The molecule has 1 unspecified atom stereocenters. The lowest BCUT2D eigenvalue weighted by Crippen LogP contribution is -2.37. The molecular formula is C20H27FN2O2S. The molecule has 1 aromatic heterocycles. The van der Waals surface area contributed by atoms with Gasteiger partial charge in [0.05, 0.1) is 19.3 Å². The Kier molecular flexibility index (Phi) is 7.58. The summed E-state index contributed by atoms with van der Waals surface area (Å²) in [6.07, 6.45) is 0.614. The molecule has 2 heterocycles. The maximum atomic E-state index is 13.0. The maximum Gasteiger partial charge on any atom is 0.123 e. The number of aliphatic hydroxyl groups excluding tert-OH is 1. The Balaban J connectivity index is 1.36. The van der Waals surface area contributed by atoms with E-state index in [2.05, 4.69) is 9.80 Å². The monoisotopic (exact) mass is 378 g/mol. The summed E-state index contributed by atoms with van der Waals surface area (Å²) < 4.78 is 18.6. The molecule has 6 heteroatoms. The summed E-state index contributed by atoms with van der Waals surface area (Å²) in [5, 5.41) is 12.3. The van der Waals surface area contributed by atoms with Gasteiger partial charge in [0.2, 0.25) is 0 Å². The van der Waals surface area contributed by atoms with E-state index < -0.39 is 6.10 Å². The van der Waals surface area contributed by atoms with Crippen LogP contribution in [0, 0.1) is 5.82 Å². The van der Waals surface area contributed by atoms with Gasteiger partial charge in [-0.2, -0.15) is 0 Å². The lowest BCUT2D eigenvalue weighted by atomic mass is 10.2. The summed E-state index contributed by atoms with van der Waals surface area (Å²) >= 11 is 1.67. The predicted octanol–water partition coefficient (Wildman–Crippen LogP) is 2.97. The molecule has 0 saturated carbocycles. The number of ether oxygens (including phenoxy) is 1. The zero-order chi connectivity index (χ0) is 18.2. The molecular weight excluding hydrogens is 351 g/mol. The fraction of sp³-hybridized carbons (Fsp3) is 0.500. The predicted molar refractivity (Wildman–Crippen MR) is 103 cm³/mol. The largest absolute Gasteiger partial charge is 0.389 e. The highest BCUT2D eigenvalue weighted by atomic mass is 32.1. The molecule has 3 rings (SSSR count). The molecule has 1 aromatic carbocycles. The molecule has 1 atom stereocenters. The highest BCUT2D eigenvalue weighted by molar-refractivity contribution is 7.09. The number of β-amino-alcohol motifs (C(OH)–C–C–N with tert-alkyl or cyclic N) is 1. The van der Waals surface area contributed by atoms with Crippen LogP contribution in [-0.2, 0) is 17.9 Å². The van der Waals surface area contributed by atoms with Gasteiger partial charge in [-0.15, -0.1) is 11.3 Å². The minimum absolute atomic E-state index is 0.189. The molecule has 0 spiro atoms. The van der Waals surface area contributed by atoms with Gasteiger partial charge in [-0.3, -0.25) is 9.80 Å². The smallest absolute Gasteiger partial charge is 0.123 e. The molecule has 1 saturated heterocycles. The average Bonchev–Trinajstić information content (AvgIpc) is 3.05. The van der Waals surface area contributed by atoms with Gasteiger partial charge in [0, 0.05) is 31.1 Å². The van der Waals surface area contributed by atoms with Crippen molar-refractivity contribution in [1.29, 1.82) is 0 Å². The van der Waals surface area contributed by atoms with Gasteiger partial charge in [0.15, 0.2) is 0 Å². The Morgan fingerprint density at radius 2 is 1.85 bits per heavy atom.